The SMILES string of the molecule is O=C(O)c1ccc(-c2[nH]ncc2CN2CCN(c3ccc(C(F)(F)F)cn3)CC2)cc1O. The number of carboxylic acid groups (broad SMARTS) is 1. The molecule has 3 N–H and O–H groups in total. The number of hydrogen-bond donors (Lipinski definition) is 3. The maximum Gasteiger partial charge on any atom is 0.417 e. The number of rotatable bonds is 5. The van der Waals surface area contributed by atoms with Crippen LogP contribution < -0.4 is 4.90 Å². The van der Waals surface area contributed by atoms with Crippen LogP contribution >= 0.6 is 0 Å². The van der Waals surface area contributed by atoms with Crippen molar-refractivity contribution in [3.05, 3.63) is 59.4 Å². The number of phenols is 1. The number of aromatic carboxylic acids is 1. The second kappa shape index (κ2) is 8.50. The summed E-state index contributed by atoms with van der Waals surface area (Å²) in [6.45, 7) is 3.15. The molecule has 168 valence electrons. The van der Waals surface area contributed by atoms with Gasteiger partial charge in [0.15, 0.2) is 0 Å². The van der Waals surface area contributed by atoms with Crippen molar-refractivity contribution in [3.8, 4) is 17.0 Å². The molecule has 0 aliphatic carbocycles. The third-order valence-corrected chi connectivity index (χ3v) is 5.40. The molecule has 1 aromatic carbocycles. The first kappa shape index (κ1) is 21.6. The smallest absolute Gasteiger partial charge is 0.417 e. The van der Waals surface area contributed by atoms with Crippen LogP contribution in [0.15, 0.2) is 42.7 Å². The highest BCUT2D eigenvalue weighted by molar-refractivity contribution is 5.91. The van der Waals surface area contributed by atoms with Gasteiger partial charge in [-0.1, -0.05) is 6.07 Å². The van der Waals surface area contributed by atoms with Gasteiger partial charge in [-0.3, -0.25) is 10.00 Å². The van der Waals surface area contributed by atoms with E-state index >= 15 is 0 Å². The monoisotopic (exact) mass is 447 g/mol. The molecule has 0 amide bonds. The number of nitrogens with zero attached hydrogens (tertiary/aromatic N) is 4. The van der Waals surface area contributed by atoms with E-state index in [2.05, 4.69) is 20.1 Å². The molecule has 0 spiro atoms. The minimum Gasteiger partial charge on any atom is -0.507 e. The third kappa shape index (κ3) is 4.52. The van der Waals surface area contributed by atoms with Crippen LogP contribution in [-0.4, -0.2) is 62.4 Å². The number of carboxylic acids is 1. The Kier molecular flexibility index (Phi) is 5.74. The lowest BCUT2D eigenvalue weighted by atomic mass is 10.0. The quantitative estimate of drug-likeness (QED) is 0.552. The second-order valence-corrected chi connectivity index (χ2v) is 7.47. The van der Waals surface area contributed by atoms with Crippen molar-refractivity contribution in [1.29, 1.82) is 0 Å². The molecule has 2 aromatic heterocycles. The zero-order valence-electron chi connectivity index (χ0n) is 16.8. The molecule has 0 saturated carbocycles. The van der Waals surface area contributed by atoms with Crippen LogP contribution in [0.1, 0.15) is 21.5 Å². The first-order chi connectivity index (χ1) is 15.2. The summed E-state index contributed by atoms with van der Waals surface area (Å²) in [6, 6.07) is 6.76. The Morgan fingerprint density at radius 3 is 2.44 bits per heavy atom. The fourth-order valence-corrected chi connectivity index (χ4v) is 3.67. The predicted octanol–water partition coefficient (Wildman–Crippen LogP) is 3.22. The minimum absolute atomic E-state index is 0.178. The molecule has 0 unspecified atom stereocenters. The van der Waals surface area contributed by atoms with Crippen LogP contribution in [0.25, 0.3) is 11.3 Å². The van der Waals surface area contributed by atoms with Crippen LogP contribution in [0, 0.1) is 0 Å². The number of benzene rings is 1. The number of pyridine rings is 1. The predicted molar refractivity (Wildman–Crippen MR) is 109 cm³/mol. The topological polar surface area (TPSA) is 106 Å². The maximum atomic E-state index is 12.7. The van der Waals surface area contributed by atoms with Crippen molar-refractivity contribution in [3.63, 3.8) is 0 Å². The Morgan fingerprint density at radius 1 is 1.09 bits per heavy atom. The van der Waals surface area contributed by atoms with E-state index in [0.29, 0.717) is 49.8 Å². The van der Waals surface area contributed by atoms with Crippen molar-refractivity contribution in [1.82, 2.24) is 20.1 Å². The van der Waals surface area contributed by atoms with E-state index in [9.17, 15) is 23.1 Å². The number of halogens is 3. The molecule has 0 bridgehead atoms. The third-order valence-electron chi connectivity index (χ3n) is 5.40. The molecule has 1 aliphatic rings. The zero-order chi connectivity index (χ0) is 22.9. The van der Waals surface area contributed by atoms with Crippen LogP contribution in [0.3, 0.4) is 0 Å². The number of aromatic amines is 1. The Morgan fingerprint density at radius 2 is 1.84 bits per heavy atom. The molecule has 3 aromatic rings. The van der Waals surface area contributed by atoms with Crippen molar-refractivity contribution < 1.29 is 28.2 Å². The summed E-state index contributed by atoms with van der Waals surface area (Å²) in [4.78, 5) is 19.2. The molecule has 11 heteroatoms. The Bertz CT molecular complexity index is 1110. The number of hydrogen-bond acceptors (Lipinski definition) is 6. The van der Waals surface area contributed by atoms with E-state index in [-0.39, 0.29) is 11.3 Å². The summed E-state index contributed by atoms with van der Waals surface area (Å²) in [6.07, 6.45) is -1.87. The van der Waals surface area contributed by atoms with Gasteiger partial charge in [-0.05, 0) is 24.3 Å². The number of piperazine rings is 1. The number of nitrogens with one attached hydrogen (secondary N) is 1. The Balaban J connectivity index is 1.40. The summed E-state index contributed by atoms with van der Waals surface area (Å²) >= 11 is 0. The maximum absolute atomic E-state index is 12.7. The molecule has 3 heterocycles. The average molecular weight is 447 g/mol. The van der Waals surface area contributed by atoms with Crippen molar-refractivity contribution in [2.24, 2.45) is 0 Å². The molecule has 0 radical (unpaired) electrons. The van der Waals surface area contributed by atoms with Crippen molar-refractivity contribution in [2.75, 3.05) is 31.1 Å². The van der Waals surface area contributed by atoms with Gasteiger partial charge in [0.1, 0.15) is 17.1 Å². The van der Waals surface area contributed by atoms with Gasteiger partial charge in [0, 0.05) is 50.0 Å². The van der Waals surface area contributed by atoms with Crippen LogP contribution in [0.5, 0.6) is 5.75 Å². The molecule has 0 atom stereocenters. The summed E-state index contributed by atoms with van der Waals surface area (Å²) in [5.41, 5.74) is 1.24. The minimum atomic E-state index is -4.41. The highest BCUT2D eigenvalue weighted by atomic mass is 19.4. The fraction of sp³-hybridized carbons (Fsp3) is 0.286. The molecular formula is C21H20F3N5O3. The molecule has 1 saturated heterocycles. The lowest BCUT2D eigenvalue weighted by molar-refractivity contribution is -0.137. The normalized spacial score (nSPS) is 15.2. The summed E-state index contributed by atoms with van der Waals surface area (Å²) < 4.78 is 38.2. The van der Waals surface area contributed by atoms with Gasteiger partial charge < -0.3 is 15.1 Å². The molecule has 1 aliphatic heterocycles. The van der Waals surface area contributed by atoms with Gasteiger partial charge >= 0.3 is 12.1 Å². The molecule has 4 rings (SSSR count). The van der Waals surface area contributed by atoms with Crippen LogP contribution in [-0.2, 0) is 12.7 Å². The highest BCUT2D eigenvalue weighted by Gasteiger charge is 2.31. The zero-order valence-corrected chi connectivity index (χ0v) is 16.8. The van der Waals surface area contributed by atoms with E-state index in [1.807, 2.05) is 4.90 Å². The van der Waals surface area contributed by atoms with Crippen LogP contribution in [0.4, 0.5) is 19.0 Å². The van der Waals surface area contributed by atoms with E-state index in [4.69, 9.17) is 5.11 Å². The number of aromatic nitrogens is 3. The Labute approximate surface area is 180 Å². The van der Waals surface area contributed by atoms with Crippen molar-refractivity contribution in [2.45, 2.75) is 12.7 Å². The lowest BCUT2D eigenvalue weighted by Gasteiger charge is -2.35. The van der Waals surface area contributed by atoms with Gasteiger partial charge in [-0.2, -0.15) is 18.3 Å². The van der Waals surface area contributed by atoms with E-state index in [1.165, 1.54) is 18.2 Å². The summed E-state index contributed by atoms with van der Waals surface area (Å²) in [5, 5.41) is 26.0. The first-order valence-electron chi connectivity index (χ1n) is 9.82. The number of alkyl halides is 3. The summed E-state index contributed by atoms with van der Waals surface area (Å²) in [5.74, 6) is -1.02. The van der Waals surface area contributed by atoms with E-state index in [1.54, 1.807) is 12.3 Å². The fourth-order valence-electron chi connectivity index (χ4n) is 3.67. The number of aromatic hydroxyl groups is 1. The summed E-state index contributed by atoms with van der Waals surface area (Å²) in [7, 11) is 0. The van der Waals surface area contributed by atoms with Gasteiger partial charge in [-0.15, -0.1) is 0 Å². The molecule has 8 nitrogen and oxygen atoms in total. The van der Waals surface area contributed by atoms with Gasteiger partial charge in [0.05, 0.1) is 17.5 Å². The van der Waals surface area contributed by atoms with Gasteiger partial charge in [-0.25, -0.2) is 9.78 Å². The standard InChI is InChI=1S/C21H20F3N5O3/c22-21(23,24)15-2-4-18(25-11-15)29-7-5-28(6-8-29)12-14-10-26-27-19(14)13-1-3-16(20(31)32)17(30)9-13/h1-4,9-11,30H,5-8,12H2,(H,26,27)(H,31,32). The largest absolute Gasteiger partial charge is 0.507 e. The molecule has 1 fully saturated rings. The van der Waals surface area contributed by atoms with Crippen LogP contribution in [0.2, 0.25) is 0 Å². The second-order valence-electron chi connectivity index (χ2n) is 7.47. The molecule has 32 heavy (non-hydrogen) atoms. The number of anilines is 1. The number of carbonyl (C=O) groups is 1. The highest BCUT2D eigenvalue weighted by Crippen LogP contribution is 2.30. The average Bonchev–Trinajstić information content (AvgIpc) is 3.21. The van der Waals surface area contributed by atoms with Gasteiger partial charge in [0.25, 0.3) is 0 Å². The Hall–Kier alpha value is -3.60. The van der Waals surface area contributed by atoms with E-state index < -0.39 is 17.7 Å². The van der Waals surface area contributed by atoms with Crippen molar-refractivity contribution >= 4 is 11.8 Å². The lowest BCUT2D eigenvalue weighted by Crippen LogP contribution is -2.46. The van der Waals surface area contributed by atoms with Gasteiger partial charge in [0.2, 0.25) is 0 Å². The number of H-pyrrole nitrogens is 1. The molecular weight excluding hydrogens is 427 g/mol. The first-order valence-corrected chi connectivity index (χ1v) is 9.82. The van der Waals surface area contributed by atoms with E-state index in [0.717, 1.165) is 17.8 Å².